The second-order valence-electron chi connectivity index (χ2n) is 15.7. The predicted molar refractivity (Wildman–Crippen MR) is 245 cm³/mol. The van der Waals surface area contributed by atoms with Crippen molar-refractivity contribution in [3.05, 3.63) is 211 Å². The molecule has 0 aliphatic heterocycles. The molecule has 0 spiro atoms. The van der Waals surface area contributed by atoms with Crippen LogP contribution in [-0.2, 0) is 5.41 Å². The van der Waals surface area contributed by atoms with Crippen LogP contribution in [0.1, 0.15) is 25.0 Å². The minimum Gasteiger partial charge on any atom is -0.310 e. The molecule has 0 N–H and O–H groups in total. The Morgan fingerprint density at radius 1 is 0.368 bits per heavy atom. The van der Waals surface area contributed by atoms with E-state index in [0.717, 1.165) is 17.1 Å². The summed E-state index contributed by atoms with van der Waals surface area (Å²) in [5, 5.41) is 5.14. The van der Waals surface area contributed by atoms with Crippen LogP contribution in [0, 0.1) is 0 Å². The molecule has 0 radical (unpaired) electrons. The molecule has 2 heteroatoms. The Balaban J connectivity index is 1.00. The van der Waals surface area contributed by atoms with Gasteiger partial charge in [0.1, 0.15) is 0 Å². The van der Waals surface area contributed by atoms with Gasteiger partial charge in [0.25, 0.3) is 0 Å². The first-order valence-corrected chi connectivity index (χ1v) is 20.6. The van der Waals surface area contributed by atoms with Crippen molar-refractivity contribution in [2.24, 2.45) is 0 Å². The fourth-order valence-corrected chi connectivity index (χ4v) is 10.2. The highest BCUT2D eigenvalue weighted by Crippen LogP contribution is 2.50. The molecular weight excluding hydrogens is 707 g/mol. The largest absolute Gasteiger partial charge is 0.310 e. The van der Waals surface area contributed by atoms with Crippen molar-refractivity contribution in [2.45, 2.75) is 19.3 Å². The molecule has 0 unspecified atom stereocenters. The molecule has 0 fully saturated rings. The number of para-hydroxylation sites is 1. The van der Waals surface area contributed by atoms with E-state index in [1.807, 2.05) is 11.3 Å². The molecule has 0 saturated heterocycles. The molecule has 0 atom stereocenters. The van der Waals surface area contributed by atoms with E-state index in [2.05, 4.69) is 219 Å². The van der Waals surface area contributed by atoms with Gasteiger partial charge in [-0.15, -0.1) is 11.3 Å². The Hall–Kier alpha value is -6.74. The van der Waals surface area contributed by atoms with Gasteiger partial charge in [-0.25, -0.2) is 0 Å². The van der Waals surface area contributed by atoms with Crippen LogP contribution in [0.2, 0.25) is 0 Å². The van der Waals surface area contributed by atoms with Gasteiger partial charge in [-0.1, -0.05) is 159 Å². The summed E-state index contributed by atoms with van der Waals surface area (Å²) in [7, 11) is 0. The zero-order chi connectivity index (χ0) is 38.1. The number of nitrogens with zero attached hydrogens (tertiary/aromatic N) is 1. The summed E-state index contributed by atoms with van der Waals surface area (Å²) in [6, 6.07) is 73.9. The first-order chi connectivity index (χ1) is 28.0. The Morgan fingerprint density at radius 3 is 1.72 bits per heavy atom. The van der Waals surface area contributed by atoms with Crippen molar-refractivity contribution in [1.29, 1.82) is 0 Å². The summed E-state index contributed by atoms with van der Waals surface area (Å²) in [6.45, 7) is 4.70. The molecule has 1 nitrogen and oxygen atoms in total. The van der Waals surface area contributed by atoms with E-state index < -0.39 is 0 Å². The van der Waals surface area contributed by atoms with E-state index in [1.165, 1.54) is 86.6 Å². The molecule has 0 bridgehead atoms. The number of hydrogen-bond donors (Lipinski definition) is 0. The summed E-state index contributed by atoms with van der Waals surface area (Å²) in [4.78, 5) is 2.41. The standard InChI is InChI=1S/C55H39NS/c1-55(2)50-16-8-5-14-46(50)47-31-25-40(34-51(47)55)37-21-27-43(28-22-37)56(52-17-9-6-13-45(52)42-20-19-36-11-3-4-12-39(36)33-42)44-29-23-38(24-30-44)41-26-32-49-48-15-7-10-18-53(48)57-54(49)35-41/h3-35H,1-2H3. The van der Waals surface area contributed by atoms with Crippen LogP contribution in [0.15, 0.2) is 200 Å². The van der Waals surface area contributed by atoms with E-state index in [-0.39, 0.29) is 5.41 Å². The normalized spacial score (nSPS) is 12.9. The van der Waals surface area contributed by atoms with E-state index in [9.17, 15) is 0 Å². The second-order valence-corrected chi connectivity index (χ2v) is 16.8. The van der Waals surface area contributed by atoms with Crippen LogP contribution in [0.5, 0.6) is 0 Å². The van der Waals surface area contributed by atoms with Crippen LogP contribution in [0.25, 0.3) is 75.5 Å². The number of anilines is 3. The highest BCUT2D eigenvalue weighted by molar-refractivity contribution is 7.25. The first kappa shape index (κ1) is 33.6. The van der Waals surface area contributed by atoms with Crippen molar-refractivity contribution < 1.29 is 0 Å². The van der Waals surface area contributed by atoms with Gasteiger partial charge in [-0.05, 0) is 115 Å². The maximum atomic E-state index is 2.41. The van der Waals surface area contributed by atoms with Crippen molar-refractivity contribution in [3.8, 4) is 44.5 Å². The second kappa shape index (κ2) is 13.2. The summed E-state index contributed by atoms with van der Waals surface area (Å²) < 4.78 is 2.65. The van der Waals surface area contributed by atoms with Gasteiger partial charge in [-0.3, -0.25) is 0 Å². The van der Waals surface area contributed by atoms with Crippen molar-refractivity contribution in [2.75, 3.05) is 4.90 Å². The third kappa shape index (κ3) is 5.59. The lowest BCUT2D eigenvalue weighted by atomic mass is 9.81. The van der Waals surface area contributed by atoms with Crippen LogP contribution in [0.3, 0.4) is 0 Å². The molecular formula is C55H39NS. The summed E-state index contributed by atoms with van der Waals surface area (Å²) in [5.41, 5.74) is 16.1. The minimum atomic E-state index is -0.0407. The SMILES string of the molecule is CC1(C)c2ccccc2-c2ccc(-c3ccc(N(c4ccc(-c5ccc6c(c5)sc5ccccc56)cc4)c4ccccc4-c4ccc5ccccc5c4)cc3)cc21. The highest BCUT2D eigenvalue weighted by atomic mass is 32.1. The number of benzene rings is 9. The number of rotatable bonds is 6. The molecule has 1 heterocycles. The fourth-order valence-electron chi connectivity index (χ4n) is 9.09. The van der Waals surface area contributed by atoms with Gasteiger partial charge >= 0.3 is 0 Å². The Bertz CT molecular complexity index is 3150. The van der Waals surface area contributed by atoms with Crippen LogP contribution in [0.4, 0.5) is 17.1 Å². The smallest absolute Gasteiger partial charge is 0.0540 e. The molecule has 1 aromatic heterocycles. The van der Waals surface area contributed by atoms with Crippen molar-refractivity contribution in [3.63, 3.8) is 0 Å². The van der Waals surface area contributed by atoms with E-state index in [1.54, 1.807) is 0 Å². The minimum absolute atomic E-state index is 0.0407. The molecule has 9 aromatic carbocycles. The monoisotopic (exact) mass is 745 g/mol. The zero-order valence-corrected chi connectivity index (χ0v) is 32.7. The number of hydrogen-bond acceptors (Lipinski definition) is 2. The molecule has 0 amide bonds. The van der Waals surface area contributed by atoms with Gasteiger partial charge in [-0.2, -0.15) is 0 Å². The van der Waals surface area contributed by atoms with Crippen molar-refractivity contribution >= 4 is 59.3 Å². The van der Waals surface area contributed by atoms with Crippen LogP contribution in [-0.4, -0.2) is 0 Å². The predicted octanol–water partition coefficient (Wildman–Crippen LogP) is 16.0. The summed E-state index contributed by atoms with van der Waals surface area (Å²) in [6.07, 6.45) is 0. The first-order valence-electron chi connectivity index (χ1n) is 19.7. The average Bonchev–Trinajstić information content (AvgIpc) is 3.75. The van der Waals surface area contributed by atoms with E-state index in [0.29, 0.717) is 0 Å². The van der Waals surface area contributed by atoms with Crippen LogP contribution < -0.4 is 4.90 Å². The molecule has 10 aromatic rings. The molecule has 11 rings (SSSR count). The van der Waals surface area contributed by atoms with Gasteiger partial charge in [0.2, 0.25) is 0 Å². The molecule has 1 aliphatic rings. The van der Waals surface area contributed by atoms with E-state index >= 15 is 0 Å². The Labute approximate surface area is 337 Å². The number of thiophene rings is 1. The maximum absolute atomic E-state index is 2.41. The van der Waals surface area contributed by atoms with Crippen molar-refractivity contribution in [1.82, 2.24) is 0 Å². The summed E-state index contributed by atoms with van der Waals surface area (Å²) >= 11 is 1.87. The zero-order valence-electron chi connectivity index (χ0n) is 31.9. The van der Waals surface area contributed by atoms with Gasteiger partial charge in [0.05, 0.1) is 5.69 Å². The molecule has 270 valence electrons. The highest BCUT2D eigenvalue weighted by Gasteiger charge is 2.35. The topological polar surface area (TPSA) is 3.24 Å². The summed E-state index contributed by atoms with van der Waals surface area (Å²) in [5.74, 6) is 0. The third-order valence-electron chi connectivity index (χ3n) is 12.1. The Kier molecular flexibility index (Phi) is 7.77. The molecule has 57 heavy (non-hydrogen) atoms. The molecule has 1 aliphatic carbocycles. The van der Waals surface area contributed by atoms with Gasteiger partial charge < -0.3 is 4.90 Å². The fraction of sp³-hybridized carbons (Fsp3) is 0.0545. The van der Waals surface area contributed by atoms with E-state index in [4.69, 9.17) is 0 Å². The third-order valence-corrected chi connectivity index (χ3v) is 13.2. The quantitative estimate of drug-likeness (QED) is 0.164. The van der Waals surface area contributed by atoms with Gasteiger partial charge in [0, 0.05) is 42.5 Å². The van der Waals surface area contributed by atoms with Crippen LogP contribution >= 0.6 is 11.3 Å². The lowest BCUT2D eigenvalue weighted by Gasteiger charge is -2.28. The lowest BCUT2D eigenvalue weighted by Crippen LogP contribution is -2.14. The molecule has 0 saturated carbocycles. The van der Waals surface area contributed by atoms with Gasteiger partial charge in [0.15, 0.2) is 0 Å². The average molecular weight is 746 g/mol. The Morgan fingerprint density at radius 2 is 0.930 bits per heavy atom. The lowest BCUT2D eigenvalue weighted by molar-refractivity contribution is 0.660. The maximum Gasteiger partial charge on any atom is 0.0540 e. The number of fused-ring (bicyclic) bond motifs is 7.